The number of nitrogens with one attached hydrogen (secondary N) is 1. The maximum absolute atomic E-state index is 12.9. The first kappa shape index (κ1) is 19.6. The summed E-state index contributed by atoms with van der Waals surface area (Å²) < 4.78 is 6.76. The van der Waals surface area contributed by atoms with Crippen LogP contribution in [0, 0.1) is 6.92 Å². The number of benzene rings is 1. The van der Waals surface area contributed by atoms with Crippen LogP contribution in [0.4, 0.5) is 5.82 Å². The molecule has 3 heterocycles. The van der Waals surface area contributed by atoms with Crippen molar-refractivity contribution in [3.63, 3.8) is 0 Å². The van der Waals surface area contributed by atoms with Gasteiger partial charge >= 0.3 is 0 Å². The number of rotatable bonds is 5. The van der Waals surface area contributed by atoms with E-state index in [4.69, 9.17) is 4.74 Å². The van der Waals surface area contributed by atoms with E-state index in [0.717, 1.165) is 43.1 Å². The van der Waals surface area contributed by atoms with Crippen LogP contribution in [-0.4, -0.2) is 51.7 Å². The van der Waals surface area contributed by atoms with Crippen molar-refractivity contribution in [2.75, 3.05) is 25.5 Å². The molecule has 3 aromatic rings. The highest BCUT2D eigenvalue weighted by molar-refractivity contribution is 6.03. The normalized spacial score (nSPS) is 13.3. The average molecular weight is 405 g/mol. The quantitative estimate of drug-likeness (QED) is 0.705. The van der Waals surface area contributed by atoms with Crippen molar-refractivity contribution in [1.29, 1.82) is 0 Å². The molecule has 1 fully saturated rings. The molecule has 0 unspecified atom stereocenters. The van der Waals surface area contributed by atoms with Gasteiger partial charge in [0.15, 0.2) is 0 Å². The summed E-state index contributed by atoms with van der Waals surface area (Å²) in [5.74, 6) is 0.739. The lowest BCUT2D eigenvalue weighted by atomic mass is 10.2. The Labute approximate surface area is 174 Å². The largest absolute Gasteiger partial charge is 0.497 e. The molecule has 1 aliphatic rings. The Morgan fingerprint density at radius 2 is 1.80 bits per heavy atom. The summed E-state index contributed by atoms with van der Waals surface area (Å²) in [7, 11) is 1.60. The van der Waals surface area contributed by atoms with Gasteiger partial charge in [-0.05, 0) is 62.2 Å². The first-order valence-corrected chi connectivity index (χ1v) is 9.83. The molecule has 1 N–H and O–H groups in total. The van der Waals surface area contributed by atoms with E-state index in [1.54, 1.807) is 30.0 Å². The van der Waals surface area contributed by atoms with Crippen LogP contribution in [0.1, 0.15) is 39.4 Å². The fraction of sp³-hybridized carbons (Fsp3) is 0.273. The fourth-order valence-electron chi connectivity index (χ4n) is 3.46. The van der Waals surface area contributed by atoms with Crippen molar-refractivity contribution in [1.82, 2.24) is 19.7 Å². The molecule has 0 atom stereocenters. The lowest BCUT2D eigenvalue weighted by Crippen LogP contribution is -2.27. The molecule has 2 aromatic heterocycles. The minimum Gasteiger partial charge on any atom is -0.497 e. The number of hydrogen-bond donors (Lipinski definition) is 1. The maximum Gasteiger partial charge on any atom is 0.275 e. The second-order valence-corrected chi connectivity index (χ2v) is 7.17. The van der Waals surface area contributed by atoms with Crippen molar-refractivity contribution >= 4 is 17.6 Å². The number of hydrogen-bond acceptors (Lipinski definition) is 5. The zero-order chi connectivity index (χ0) is 21.1. The molecule has 0 radical (unpaired) electrons. The summed E-state index contributed by atoms with van der Waals surface area (Å²) >= 11 is 0. The molecule has 30 heavy (non-hydrogen) atoms. The number of carbonyl (C=O) groups excluding carboxylic acids is 2. The smallest absolute Gasteiger partial charge is 0.275 e. The molecule has 4 rings (SSSR count). The molecule has 0 bridgehead atoms. The number of amides is 2. The lowest BCUT2D eigenvalue weighted by Gasteiger charge is -2.15. The molecule has 1 aliphatic heterocycles. The number of aromatic nitrogens is 3. The van der Waals surface area contributed by atoms with E-state index >= 15 is 0 Å². The molecule has 2 amide bonds. The van der Waals surface area contributed by atoms with Crippen LogP contribution >= 0.6 is 0 Å². The van der Waals surface area contributed by atoms with Crippen molar-refractivity contribution in [2.24, 2.45) is 0 Å². The second kappa shape index (κ2) is 8.36. The molecule has 1 aromatic carbocycles. The summed E-state index contributed by atoms with van der Waals surface area (Å²) in [5.41, 5.74) is 2.37. The SMILES string of the molecule is COc1ccc(-n2nc(C)cc2C(=O)Nc2ccc(C(=O)N3CCCC3)cn2)cc1. The van der Waals surface area contributed by atoms with Gasteiger partial charge in [0.25, 0.3) is 11.8 Å². The van der Waals surface area contributed by atoms with Crippen molar-refractivity contribution in [3.05, 3.63) is 65.6 Å². The molecule has 0 spiro atoms. The van der Waals surface area contributed by atoms with Gasteiger partial charge in [0.05, 0.1) is 24.1 Å². The summed E-state index contributed by atoms with van der Waals surface area (Å²) in [6.07, 6.45) is 3.57. The van der Waals surface area contributed by atoms with Crippen LogP contribution in [0.25, 0.3) is 5.69 Å². The zero-order valence-electron chi connectivity index (χ0n) is 17.0. The number of likely N-dealkylation sites (tertiary alicyclic amines) is 1. The maximum atomic E-state index is 12.9. The fourth-order valence-corrected chi connectivity index (χ4v) is 3.46. The van der Waals surface area contributed by atoms with Crippen LogP contribution in [0.2, 0.25) is 0 Å². The number of ether oxygens (including phenoxy) is 1. The van der Waals surface area contributed by atoms with E-state index in [9.17, 15) is 9.59 Å². The monoisotopic (exact) mass is 405 g/mol. The van der Waals surface area contributed by atoms with Gasteiger partial charge in [-0.3, -0.25) is 9.59 Å². The third kappa shape index (κ3) is 4.03. The van der Waals surface area contributed by atoms with Crippen LogP contribution in [0.3, 0.4) is 0 Å². The van der Waals surface area contributed by atoms with Gasteiger partial charge < -0.3 is 15.0 Å². The van der Waals surface area contributed by atoms with Crippen molar-refractivity contribution < 1.29 is 14.3 Å². The Balaban J connectivity index is 1.50. The summed E-state index contributed by atoms with van der Waals surface area (Å²) in [6, 6.07) is 12.3. The number of carbonyl (C=O) groups is 2. The number of pyridine rings is 1. The molecular formula is C22H23N5O3. The predicted molar refractivity (Wildman–Crippen MR) is 112 cm³/mol. The molecule has 8 heteroatoms. The first-order valence-electron chi connectivity index (χ1n) is 9.83. The standard InChI is InChI=1S/C22H23N5O3/c1-15-13-19(27(25-15)17-6-8-18(30-2)9-7-17)21(28)24-20-10-5-16(14-23-20)22(29)26-11-3-4-12-26/h5-10,13-14H,3-4,11-12H2,1-2H3,(H,23,24,28). The van der Waals surface area contributed by atoms with Crippen LogP contribution in [-0.2, 0) is 0 Å². The Kier molecular flexibility index (Phi) is 5.47. The highest BCUT2D eigenvalue weighted by Crippen LogP contribution is 2.18. The topological polar surface area (TPSA) is 89.3 Å². The summed E-state index contributed by atoms with van der Waals surface area (Å²) in [4.78, 5) is 31.4. The van der Waals surface area contributed by atoms with Crippen LogP contribution in [0.5, 0.6) is 5.75 Å². The highest BCUT2D eigenvalue weighted by Gasteiger charge is 2.20. The van der Waals surface area contributed by atoms with Gasteiger partial charge in [0, 0.05) is 19.3 Å². The lowest BCUT2D eigenvalue weighted by molar-refractivity contribution is 0.0792. The van der Waals surface area contributed by atoms with Gasteiger partial charge in [0.2, 0.25) is 0 Å². The molecule has 8 nitrogen and oxygen atoms in total. The number of methoxy groups -OCH3 is 1. The Hall–Kier alpha value is -3.68. The van der Waals surface area contributed by atoms with Gasteiger partial charge in [-0.2, -0.15) is 5.10 Å². The van der Waals surface area contributed by atoms with Crippen LogP contribution < -0.4 is 10.1 Å². The van der Waals surface area contributed by atoms with E-state index < -0.39 is 0 Å². The third-order valence-electron chi connectivity index (χ3n) is 5.03. The number of aryl methyl sites for hydroxylation is 1. The summed E-state index contributed by atoms with van der Waals surface area (Å²) in [5, 5.41) is 7.20. The third-order valence-corrected chi connectivity index (χ3v) is 5.03. The first-order chi connectivity index (χ1) is 14.5. The minimum atomic E-state index is -0.336. The van der Waals surface area contributed by atoms with Gasteiger partial charge in [-0.25, -0.2) is 9.67 Å². The molecular weight excluding hydrogens is 382 g/mol. The van der Waals surface area contributed by atoms with Gasteiger partial charge in [-0.15, -0.1) is 0 Å². The second-order valence-electron chi connectivity index (χ2n) is 7.17. The van der Waals surface area contributed by atoms with Crippen LogP contribution in [0.15, 0.2) is 48.7 Å². The summed E-state index contributed by atoms with van der Waals surface area (Å²) in [6.45, 7) is 3.39. The van der Waals surface area contributed by atoms with E-state index in [1.807, 2.05) is 36.1 Å². The minimum absolute atomic E-state index is 0.0221. The Bertz CT molecular complexity index is 1050. The Morgan fingerprint density at radius 1 is 1.07 bits per heavy atom. The van der Waals surface area contributed by atoms with E-state index in [-0.39, 0.29) is 11.8 Å². The number of anilines is 1. The highest BCUT2D eigenvalue weighted by atomic mass is 16.5. The van der Waals surface area contributed by atoms with Gasteiger partial charge in [-0.1, -0.05) is 0 Å². The molecule has 0 aliphatic carbocycles. The van der Waals surface area contributed by atoms with E-state index in [0.29, 0.717) is 17.1 Å². The molecule has 154 valence electrons. The van der Waals surface area contributed by atoms with Gasteiger partial charge in [0.1, 0.15) is 17.3 Å². The van der Waals surface area contributed by atoms with Crippen molar-refractivity contribution in [2.45, 2.75) is 19.8 Å². The average Bonchev–Trinajstić information content (AvgIpc) is 3.44. The molecule has 1 saturated heterocycles. The molecule has 0 saturated carbocycles. The number of nitrogens with zero attached hydrogens (tertiary/aromatic N) is 4. The Morgan fingerprint density at radius 3 is 2.43 bits per heavy atom. The van der Waals surface area contributed by atoms with E-state index in [2.05, 4.69) is 15.4 Å². The zero-order valence-corrected chi connectivity index (χ0v) is 17.0. The predicted octanol–water partition coefficient (Wildman–Crippen LogP) is 3.07. The van der Waals surface area contributed by atoms with E-state index in [1.165, 1.54) is 6.20 Å². The van der Waals surface area contributed by atoms with Crippen molar-refractivity contribution in [3.8, 4) is 11.4 Å².